The Hall–Kier alpha value is -2.77. The van der Waals surface area contributed by atoms with Crippen LogP contribution < -0.4 is 4.90 Å². The van der Waals surface area contributed by atoms with E-state index in [0.717, 1.165) is 33.8 Å². The molecule has 1 saturated heterocycles. The molecule has 7 heteroatoms. The summed E-state index contributed by atoms with van der Waals surface area (Å²) in [4.78, 5) is 2.51. The van der Waals surface area contributed by atoms with Crippen LogP contribution in [0, 0.1) is 41.5 Å². The average Bonchev–Trinajstić information content (AvgIpc) is 2.79. The first-order valence-corrected chi connectivity index (χ1v) is 12.8. The first-order valence-electron chi connectivity index (χ1n) is 11.3. The van der Waals surface area contributed by atoms with Crippen LogP contribution in [0.3, 0.4) is 0 Å². The standard InChI is InChI=1S/C26H32N4O2S/c1-17-13-21(5)23(15-19(17)3)24-7-8-26(28-27-24)29-9-11-30(12-10-29)33(31,32)25-16-20(4)18(2)14-22(25)6/h7-8,13-16H,9-12H2,1-6H3. The van der Waals surface area contributed by atoms with E-state index in [4.69, 9.17) is 0 Å². The Morgan fingerprint density at radius 2 is 1.24 bits per heavy atom. The first-order chi connectivity index (χ1) is 15.6. The van der Waals surface area contributed by atoms with E-state index in [1.54, 1.807) is 10.4 Å². The molecule has 0 aliphatic carbocycles. The Morgan fingerprint density at radius 1 is 0.667 bits per heavy atom. The quantitative estimate of drug-likeness (QED) is 0.569. The smallest absolute Gasteiger partial charge is 0.243 e. The maximum atomic E-state index is 13.3. The Labute approximate surface area is 197 Å². The molecule has 0 N–H and O–H groups in total. The van der Waals surface area contributed by atoms with E-state index in [1.165, 1.54) is 16.7 Å². The maximum Gasteiger partial charge on any atom is 0.243 e. The van der Waals surface area contributed by atoms with Gasteiger partial charge in [0.2, 0.25) is 10.0 Å². The summed E-state index contributed by atoms with van der Waals surface area (Å²) in [5.74, 6) is 0.777. The van der Waals surface area contributed by atoms with Gasteiger partial charge in [-0.25, -0.2) is 8.42 Å². The number of aromatic nitrogens is 2. The number of rotatable bonds is 4. The van der Waals surface area contributed by atoms with Crippen molar-refractivity contribution >= 4 is 15.8 Å². The third kappa shape index (κ3) is 4.52. The van der Waals surface area contributed by atoms with Gasteiger partial charge in [-0.05, 0) is 99.2 Å². The van der Waals surface area contributed by atoms with E-state index < -0.39 is 10.0 Å². The molecule has 4 rings (SSSR count). The van der Waals surface area contributed by atoms with Crippen molar-refractivity contribution in [1.29, 1.82) is 0 Å². The molecule has 1 aliphatic rings. The van der Waals surface area contributed by atoms with Gasteiger partial charge in [0.15, 0.2) is 5.82 Å². The molecule has 1 aliphatic heterocycles. The topological polar surface area (TPSA) is 66.4 Å². The lowest BCUT2D eigenvalue weighted by Gasteiger charge is -2.34. The van der Waals surface area contributed by atoms with Crippen molar-refractivity contribution in [2.75, 3.05) is 31.1 Å². The van der Waals surface area contributed by atoms with Crippen LogP contribution in [0.15, 0.2) is 41.3 Å². The summed E-state index contributed by atoms with van der Waals surface area (Å²) in [6.07, 6.45) is 0. The lowest BCUT2D eigenvalue weighted by Crippen LogP contribution is -2.49. The number of hydrogen-bond acceptors (Lipinski definition) is 5. The van der Waals surface area contributed by atoms with Gasteiger partial charge in [-0.1, -0.05) is 12.1 Å². The highest BCUT2D eigenvalue weighted by Gasteiger charge is 2.30. The summed E-state index contributed by atoms with van der Waals surface area (Å²) in [5, 5.41) is 8.94. The van der Waals surface area contributed by atoms with Crippen molar-refractivity contribution in [3.05, 3.63) is 69.8 Å². The molecule has 2 heterocycles. The van der Waals surface area contributed by atoms with Crippen LogP contribution in [-0.2, 0) is 10.0 Å². The SMILES string of the molecule is Cc1cc(C)c(-c2ccc(N3CCN(S(=O)(=O)c4cc(C)c(C)cc4C)CC3)nn2)cc1C. The predicted octanol–water partition coefficient (Wildman–Crippen LogP) is 4.51. The van der Waals surface area contributed by atoms with E-state index in [1.807, 2.05) is 39.0 Å². The highest BCUT2D eigenvalue weighted by Crippen LogP contribution is 2.27. The number of nitrogens with zero attached hydrogens (tertiary/aromatic N) is 4. The van der Waals surface area contributed by atoms with Crippen LogP contribution in [0.25, 0.3) is 11.3 Å². The molecular weight excluding hydrogens is 432 g/mol. The Kier molecular flexibility index (Phi) is 6.29. The van der Waals surface area contributed by atoms with E-state index in [9.17, 15) is 8.42 Å². The van der Waals surface area contributed by atoms with Crippen molar-refractivity contribution in [1.82, 2.24) is 14.5 Å². The summed E-state index contributed by atoms with van der Waals surface area (Å²) in [6, 6.07) is 12.1. The van der Waals surface area contributed by atoms with Gasteiger partial charge in [0.1, 0.15) is 0 Å². The molecule has 0 bridgehead atoms. The second kappa shape index (κ2) is 8.88. The van der Waals surface area contributed by atoms with E-state index in [0.29, 0.717) is 31.1 Å². The fraction of sp³-hybridized carbons (Fsp3) is 0.385. The fourth-order valence-electron chi connectivity index (χ4n) is 4.38. The second-order valence-corrected chi connectivity index (χ2v) is 11.0. The van der Waals surface area contributed by atoms with E-state index in [2.05, 4.69) is 48.0 Å². The van der Waals surface area contributed by atoms with Gasteiger partial charge >= 0.3 is 0 Å². The van der Waals surface area contributed by atoms with Crippen LogP contribution in [0.2, 0.25) is 0 Å². The van der Waals surface area contributed by atoms with Gasteiger partial charge < -0.3 is 4.90 Å². The molecule has 0 radical (unpaired) electrons. The highest BCUT2D eigenvalue weighted by atomic mass is 32.2. The van der Waals surface area contributed by atoms with Crippen LogP contribution >= 0.6 is 0 Å². The summed E-state index contributed by atoms with van der Waals surface area (Å²) in [5.41, 5.74) is 8.52. The zero-order valence-corrected chi connectivity index (χ0v) is 21.1. The number of anilines is 1. The van der Waals surface area contributed by atoms with Crippen LogP contribution in [0.5, 0.6) is 0 Å². The van der Waals surface area contributed by atoms with Crippen LogP contribution in [0.4, 0.5) is 5.82 Å². The summed E-state index contributed by atoms with van der Waals surface area (Å²) in [7, 11) is -3.52. The number of hydrogen-bond donors (Lipinski definition) is 0. The Bertz CT molecular complexity index is 1290. The van der Waals surface area contributed by atoms with E-state index >= 15 is 0 Å². The van der Waals surface area contributed by atoms with Crippen molar-refractivity contribution in [3.63, 3.8) is 0 Å². The molecule has 0 unspecified atom stereocenters. The molecule has 0 saturated carbocycles. The summed E-state index contributed by atoms with van der Waals surface area (Å²) >= 11 is 0. The minimum absolute atomic E-state index is 0.409. The number of aryl methyl sites for hydroxylation is 6. The van der Waals surface area contributed by atoms with Gasteiger partial charge in [0, 0.05) is 31.7 Å². The normalized spacial score (nSPS) is 15.2. The maximum absolute atomic E-state index is 13.3. The van der Waals surface area contributed by atoms with Gasteiger partial charge in [-0.15, -0.1) is 10.2 Å². The largest absolute Gasteiger partial charge is 0.352 e. The molecule has 174 valence electrons. The zero-order valence-electron chi connectivity index (χ0n) is 20.3. The molecule has 33 heavy (non-hydrogen) atoms. The van der Waals surface area contributed by atoms with Crippen molar-refractivity contribution in [2.45, 2.75) is 46.4 Å². The van der Waals surface area contributed by atoms with Crippen LogP contribution in [-0.4, -0.2) is 49.1 Å². The molecule has 2 aromatic carbocycles. The molecule has 0 atom stereocenters. The predicted molar refractivity (Wildman–Crippen MR) is 133 cm³/mol. The molecule has 1 fully saturated rings. The lowest BCUT2D eigenvalue weighted by molar-refractivity contribution is 0.383. The van der Waals surface area contributed by atoms with Gasteiger partial charge in [-0.2, -0.15) is 4.31 Å². The summed E-state index contributed by atoms with van der Waals surface area (Å²) < 4.78 is 28.1. The van der Waals surface area contributed by atoms with E-state index in [-0.39, 0.29) is 0 Å². The first kappa shape index (κ1) is 23.4. The minimum atomic E-state index is -3.52. The molecule has 0 spiro atoms. The number of sulfonamides is 1. The molecule has 1 aromatic heterocycles. The number of piperazine rings is 1. The van der Waals surface area contributed by atoms with Crippen molar-refractivity contribution < 1.29 is 8.42 Å². The lowest BCUT2D eigenvalue weighted by atomic mass is 9.99. The average molecular weight is 465 g/mol. The van der Waals surface area contributed by atoms with Crippen molar-refractivity contribution in [2.24, 2.45) is 0 Å². The highest BCUT2D eigenvalue weighted by molar-refractivity contribution is 7.89. The van der Waals surface area contributed by atoms with Crippen LogP contribution in [0.1, 0.15) is 33.4 Å². The van der Waals surface area contributed by atoms with Gasteiger partial charge in [0.25, 0.3) is 0 Å². The molecular formula is C26H32N4O2S. The Balaban J connectivity index is 1.48. The van der Waals surface area contributed by atoms with Crippen molar-refractivity contribution in [3.8, 4) is 11.3 Å². The third-order valence-corrected chi connectivity index (χ3v) is 8.78. The molecule has 3 aromatic rings. The fourth-order valence-corrected chi connectivity index (χ4v) is 6.10. The van der Waals surface area contributed by atoms with Gasteiger partial charge in [-0.3, -0.25) is 0 Å². The molecule has 6 nitrogen and oxygen atoms in total. The number of benzene rings is 2. The molecule has 0 amide bonds. The second-order valence-electron chi connectivity index (χ2n) is 9.12. The zero-order chi connectivity index (χ0) is 23.9. The monoisotopic (exact) mass is 464 g/mol. The summed E-state index contributed by atoms with van der Waals surface area (Å²) in [6.45, 7) is 14.1. The third-order valence-electron chi connectivity index (χ3n) is 6.74. The minimum Gasteiger partial charge on any atom is -0.352 e. The Morgan fingerprint density at radius 3 is 1.85 bits per heavy atom. The van der Waals surface area contributed by atoms with Gasteiger partial charge in [0.05, 0.1) is 10.6 Å².